The lowest BCUT2D eigenvalue weighted by Crippen LogP contribution is -2.59. The molecule has 0 radical (unpaired) electrons. The number of hydrogen-bond acceptors (Lipinski definition) is 7. The Morgan fingerprint density at radius 3 is 2.41 bits per heavy atom. The van der Waals surface area contributed by atoms with Crippen LogP contribution in [0.15, 0.2) is 24.3 Å². The molecule has 0 bridgehead atoms. The number of Topliss-reactive ketones (excluding diaryl/α,β-unsaturated/α-hetero) is 1. The SMILES string of the molecule is CCC[C@H](NC(=O)[C@@H]1C[C@]2(C=C(c3cc(F)cc(Cl)c3)NO2)CN1C(=O)[C@@H](NC(=O)CC1CCCCC1)C(C)(C)C)C(=O)C(=O)NC1CC1. The minimum absolute atomic E-state index is 0.00168. The second kappa shape index (κ2) is 15.2. The summed E-state index contributed by atoms with van der Waals surface area (Å²) in [4.78, 5) is 75.2. The molecule has 2 heterocycles. The predicted octanol–water partition coefficient (Wildman–Crippen LogP) is 4.33. The van der Waals surface area contributed by atoms with Crippen LogP contribution in [0.25, 0.3) is 5.70 Å². The van der Waals surface area contributed by atoms with Gasteiger partial charge in [0.05, 0.1) is 18.3 Å². The lowest BCUT2D eigenvalue weighted by Gasteiger charge is -2.36. The summed E-state index contributed by atoms with van der Waals surface area (Å²) in [5.74, 6) is -3.05. The van der Waals surface area contributed by atoms with E-state index in [0.717, 1.165) is 44.9 Å². The normalized spacial score (nSPS) is 23.8. The third-order valence-corrected chi connectivity index (χ3v) is 10.1. The van der Waals surface area contributed by atoms with Gasteiger partial charge < -0.3 is 20.9 Å². The summed E-state index contributed by atoms with van der Waals surface area (Å²) in [7, 11) is 0. The zero-order valence-corrected chi connectivity index (χ0v) is 29.6. The number of rotatable bonds is 12. The molecule has 1 aromatic rings. The molecule has 2 aliphatic carbocycles. The van der Waals surface area contributed by atoms with Gasteiger partial charge in [0.15, 0.2) is 0 Å². The number of nitrogens with zero attached hydrogens (tertiary/aromatic N) is 1. The number of hydrogen-bond donors (Lipinski definition) is 4. The maximum absolute atomic E-state index is 14.5. The maximum atomic E-state index is 14.5. The van der Waals surface area contributed by atoms with Crippen LogP contribution in [0, 0.1) is 17.2 Å². The maximum Gasteiger partial charge on any atom is 0.289 e. The van der Waals surface area contributed by atoms with Crippen LogP contribution in [0.2, 0.25) is 5.02 Å². The molecule has 13 heteroatoms. The fraction of sp³-hybridized carbons (Fsp3) is 0.639. The van der Waals surface area contributed by atoms with Gasteiger partial charge in [-0.2, -0.15) is 0 Å². The zero-order chi connectivity index (χ0) is 35.5. The number of halogens is 2. The van der Waals surface area contributed by atoms with Crippen molar-refractivity contribution in [3.8, 4) is 0 Å². The zero-order valence-electron chi connectivity index (χ0n) is 28.8. The second-order valence-electron chi connectivity index (χ2n) is 15.2. The van der Waals surface area contributed by atoms with Gasteiger partial charge in [0.2, 0.25) is 23.5 Å². The van der Waals surface area contributed by atoms with Crippen molar-refractivity contribution in [2.75, 3.05) is 6.54 Å². The molecule has 4 atom stereocenters. The summed E-state index contributed by atoms with van der Waals surface area (Å²) in [6, 6.07) is 0.856. The molecule has 1 aromatic carbocycles. The first kappa shape index (κ1) is 36.8. The fourth-order valence-corrected chi connectivity index (χ4v) is 7.25. The Morgan fingerprint density at radius 1 is 1.06 bits per heavy atom. The number of nitrogens with one attached hydrogen (secondary N) is 4. The van der Waals surface area contributed by atoms with Crippen molar-refractivity contribution in [2.45, 2.75) is 128 Å². The van der Waals surface area contributed by atoms with Crippen LogP contribution in [0.4, 0.5) is 4.39 Å². The molecular formula is C36H49ClFN5O6. The molecular weight excluding hydrogens is 653 g/mol. The van der Waals surface area contributed by atoms with E-state index in [4.69, 9.17) is 16.4 Å². The Kier molecular flexibility index (Phi) is 11.4. The Labute approximate surface area is 292 Å². The fourth-order valence-electron chi connectivity index (χ4n) is 7.03. The van der Waals surface area contributed by atoms with Crippen molar-refractivity contribution < 1.29 is 33.2 Å². The first-order chi connectivity index (χ1) is 23.2. The topological polar surface area (TPSA) is 146 Å². The highest BCUT2D eigenvalue weighted by atomic mass is 35.5. The Bertz CT molecular complexity index is 1470. The standard InChI is InChI=1S/C36H49ClFN5O6/c1-5-9-26(30(45)33(47)39-25-12-13-25)40-32(46)28-19-36(18-27(42-49-36)22-15-23(37)17-24(38)16-22)20-43(28)34(48)31(35(2,3)4)41-29(44)14-21-10-7-6-8-11-21/h15-18,21,25-26,28,31,42H,5-14,19-20H2,1-4H3,(H,39,47)(H,40,46)(H,41,44)/t26-,28-,31+,36+/m0/s1. The van der Waals surface area contributed by atoms with Crippen LogP contribution < -0.4 is 21.4 Å². The van der Waals surface area contributed by atoms with Crippen molar-refractivity contribution in [3.05, 3.63) is 40.7 Å². The van der Waals surface area contributed by atoms with Gasteiger partial charge >= 0.3 is 0 Å². The van der Waals surface area contributed by atoms with E-state index in [-0.39, 0.29) is 42.3 Å². The molecule has 268 valence electrons. The van der Waals surface area contributed by atoms with Crippen LogP contribution in [0.1, 0.15) is 104 Å². The van der Waals surface area contributed by atoms with Crippen molar-refractivity contribution in [1.82, 2.24) is 26.3 Å². The van der Waals surface area contributed by atoms with E-state index in [1.165, 1.54) is 17.0 Å². The highest BCUT2D eigenvalue weighted by Crippen LogP contribution is 2.39. The van der Waals surface area contributed by atoms with Gasteiger partial charge in [-0.05, 0) is 67.7 Å². The molecule has 4 amide bonds. The number of benzene rings is 1. The number of carbonyl (C=O) groups excluding carboxylic acids is 5. The van der Waals surface area contributed by atoms with Crippen LogP contribution in [-0.2, 0) is 28.8 Å². The third-order valence-electron chi connectivity index (χ3n) is 9.85. The van der Waals surface area contributed by atoms with Crippen molar-refractivity contribution in [2.24, 2.45) is 11.3 Å². The summed E-state index contributed by atoms with van der Waals surface area (Å²) < 4.78 is 14.2. The third kappa shape index (κ3) is 9.19. The van der Waals surface area contributed by atoms with Gasteiger partial charge in [-0.3, -0.25) is 34.3 Å². The summed E-state index contributed by atoms with van der Waals surface area (Å²) >= 11 is 6.11. The van der Waals surface area contributed by atoms with Crippen LogP contribution >= 0.6 is 11.6 Å². The van der Waals surface area contributed by atoms with Crippen molar-refractivity contribution in [1.29, 1.82) is 0 Å². The first-order valence-electron chi connectivity index (χ1n) is 17.6. The van der Waals surface area contributed by atoms with Crippen LogP contribution in [0.5, 0.6) is 0 Å². The van der Waals surface area contributed by atoms with Crippen LogP contribution in [-0.4, -0.2) is 70.6 Å². The Hall–Kier alpha value is -3.51. The molecule has 49 heavy (non-hydrogen) atoms. The van der Waals surface area contributed by atoms with Crippen LogP contribution in [0.3, 0.4) is 0 Å². The molecule has 11 nitrogen and oxygen atoms in total. The van der Waals surface area contributed by atoms with E-state index < -0.39 is 58.5 Å². The highest BCUT2D eigenvalue weighted by Gasteiger charge is 2.54. The lowest BCUT2D eigenvalue weighted by molar-refractivity contribution is -0.145. The number of carbonyl (C=O) groups is 5. The average Bonchev–Trinajstić information content (AvgIpc) is 3.63. The predicted molar refractivity (Wildman–Crippen MR) is 182 cm³/mol. The first-order valence-corrected chi connectivity index (χ1v) is 17.9. The summed E-state index contributed by atoms with van der Waals surface area (Å²) in [5.41, 5.74) is 1.74. The quantitative estimate of drug-likeness (QED) is 0.238. The van der Waals surface area contributed by atoms with Gasteiger partial charge in [-0.15, -0.1) is 0 Å². The minimum Gasteiger partial charge on any atom is -0.347 e. The van der Waals surface area contributed by atoms with Gasteiger partial charge in [-0.1, -0.05) is 65.0 Å². The molecule has 2 saturated carbocycles. The summed E-state index contributed by atoms with van der Waals surface area (Å²) in [6.07, 6.45) is 9.69. The lowest BCUT2D eigenvalue weighted by atomic mass is 9.84. The molecule has 0 aromatic heterocycles. The largest absolute Gasteiger partial charge is 0.347 e. The van der Waals surface area contributed by atoms with E-state index in [1.807, 2.05) is 27.7 Å². The molecule has 0 unspecified atom stereocenters. The smallest absolute Gasteiger partial charge is 0.289 e. The molecule has 5 rings (SSSR count). The van der Waals surface area contributed by atoms with Crippen molar-refractivity contribution >= 4 is 46.7 Å². The number of likely N-dealkylation sites (tertiary alicyclic amines) is 1. The highest BCUT2D eigenvalue weighted by molar-refractivity contribution is 6.38. The molecule has 1 saturated heterocycles. The van der Waals surface area contributed by atoms with E-state index in [2.05, 4.69) is 21.4 Å². The van der Waals surface area contributed by atoms with E-state index >= 15 is 0 Å². The Morgan fingerprint density at radius 2 is 1.78 bits per heavy atom. The molecule has 4 N–H and O–H groups in total. The molecule has 1 spiro atoms. The average molecular weight is 702 g/mol. The number of amides is 4. The van der Waals surface area contributed by atoms with E-state index in [9.17, 15) is 28.4 Å². The van der Waals surface area contributed by atoms with Crippen molar-refractivity contribution in [3.63, 3.8) is 0 Å². The molecule has 4 aliphatic rings. The minimum atomic E-state index is -1.20. The molecule has 2 aliphatic heterocycles. The number of hydroxylamine groups is 1. The Balaban J connectivity index is 1.42. The second-order valence-corrected chi connectivity index (χ2v) is 15.6. The van der Waals surface area contributed by atoms with E-state index in [0.29, 0.717) is 24.1 Å². The monoisotopic (exact) mass is 701 g/mol. The molecule has 3 fully saturated rings. The summed E-state index contributed by atoms with van der Waals surface area (Å²) in [5, 5.41) is 8.63. The van der Waals surface area contributed by atoms with E-state index in [1.54, 1.807) is 12.1 Å². The summed E-state index contributed by atoms with van der Waals surface area (Å²) in [6.45, 7) is 7.34. The number of ketones is 1. The van der Waals surface area contributed by atoms with Gasteiger partial charge in [0.1, 0.15) is 23.5 Å². The van der Waals surface area contributed by atoms with Gasteiger partial charge in [0.25, 0.3) is 5.91 Å². The van der Waals surface area contributed by atoms with Gasteiger partial charge in [-0.25, -0.2) is 4.39 Å². The van der Waals surface area contributed by atoms with Gasteiger partial charge in [0, 0.05) is 29.5 Å².